The molecule has 1 amide bonds. The lowest BCUT2D eigenvalue weighted by molar-refractivity contribution is 0.102. The molecule has 0 fully saturated rings. The fraction of sp³-hybridized carbons (Fsp3) is 0.200. The highest BCUT2D eigenvalue weighted by Gasteiger charge is 2.19. The first kappa shape index (κ1) is 22.5. The van der Waals surface area contributed by atoms with Gasteiger partial charge >= 0.3 is 0 Å². The number of sulfone groups is 1. The van der Waals surface area contributed by atoms with Crippen LogP contribution in [-0.2, 0) is 9.84 Å². The lowest BCUT2D eigenvalue weighted by Crippen LogP contribution is -2.13. The number of pyridine rings is 1. The zero-order valence-electron chi connectivity index (χ0n) is 19.0. The van der Waals surface area contributed by atoms with E-state index in [1.54, 1.807) is 50.4 Å². The fourth-order valence-electron chi connectivity index (χ4n) is 3.45. The molecule has 0 saturated heterocycles. The summed E-state index contributed by atoms with van der Waals surface area (Å²) in [7, 11) is 0.602. The number of aromatic nitrogens is 2. The van der Waals surface area contributed by atoms with Crippen LogP contribution in [0.4, 0.5) is 11.4 Å². The van der Waals surface area contributed by atoms with Crippen molar-refractivity contribution in [1.29, 1.82) is 0 Å². The van der Waals surface area contributed by atoms with Crippen LogP contribution < -0.4 is 10.2 Å². The van der Waals surface area contributed by atoms with Crippen molar-refractivity contribution in [3.63, 3.8) is 0 Å². The fourth-order valence-corrected chi connectivity index (χ4v) is 4.51. The molecular weight excluding hydrogens is 436 g/mol. The molecule has 2 aromatic heterocycles. The molecule has 4 aromatic rings. The average Bonchev–Trinajstić information content (AvgIpc) is 3.23. The molecule has 0 aliphatic heterocycles. The van der Waals surface area contributed by atoms with Crippen molar-refractivity contribution in [1.82, 2.24) is 9.97 Å². The number of anilines is 2. The Kier molecular flexibility index (Phi) is 5.95. The molecule has 0 atom stereocenters. The van der Waals surface area contributed by atoms with Gasteiger partial charge in [-0.3, -0.25) is 4.79 Å². The largest absolute Gasteiger partial charge is 0.378 e. The van der Waals surface area contributed by atoms with Crippen molar-refractivity contribution >= 4 is 38.2 Å². The molecule has 2 heterocycles. The Labute approximate surface area is 193 Å². The number of amides is 1. The van der Waals surface area contributed by atoms with E-state index >= 15 is 0 Å². The lowest BCUT2D eigenvalue weighted by atomic mass is 10.1. The highest BCUT2D eigenvalue weighted by Crippen LogP contribution is 2.26. The highest BCUT2D eigenvalue weighted by atomic mass is 32.2. The monoisotopic (exact) mass is 462 g/mol. The smallest absolute Gasteiger partial charge is 0.272 e. The summed E-state index contributed by atoms with van der Waals surface area (Å²) in [4.78, 5) is 22.5. The molecule has 0 aliphatic carbocycles. The number of fused-ring (bicyclic) bond motifs is 1. The molecule has 4 rings (SSSR count). The van der Waals surface area contributed by atoms with Crippen LogP contribution in [0.2, 0.25) is 0 Å². The number of H-pyrrole nitrogens is 1. The Hall–Kier alpha value is -3.65. The van der Waals surface area contributed by atoms with Gasteiger partial charge in [-0.25, -0.2) is 13.4 Å². The maximum Gasteiger partial charge on any atom is 0.272 e. The van der Waals surface area contributed by atoms with Gasteiger partial charge in [0.15, 0.2) is 9.84 Å². The Bertz CT molecular complexity index is 1400. The Morgan fingerprint density at radius 3 is 2.24 bits per heavy atom. The minimum Gasteiger partial charge on any atom is -0.378 e. The van der Waals surface area contributed by atoms with Gasteiger partial charge in [-0.05, 0) is 67.9 Å². The van der Waals surface area contributed by atoms with Gasteiger partial charge in [0.1, 0.15) is 11.3 Å². The summed E-state index contributed by atoms with van der Waals surface area (Å²) in [6, 6.07) is 18.0. The molecule has 0 spiro atoms. The van der Waals surface area contributed by atoms with E-state index in [0.29, 0.717) is 21.9 Å². The number of carbonyl (C=O) groups excluding carboxylic acids is 1. The minimum atomic E-state index is -3.32. The molecule has 2 N–H and O–H groups in total. The molecule has 0 aliphatic rings. The minimum absolute atomic E-state index is 0.254. The summed E-state index contributed by atoms with van der Waals surface area (Å²) in [6.45, 7) is 3.33. The van der Waals surface area contributed by atoms with Crippen molar-refractivity contribution in [2.75, 3.05) is 24.3 Å². The number of aromatic amines is 1. The standard InChI is InChI=1S/C25H26N4O3S/c1-16(2)33(31,32)22-11-5-17(6-12-22)19-13-18-14-23(28-24(18)26-15-19)25(30)27-20-7-9-21(10-8-20)29(3)4/h5-16H,1-4H3,(H,26,28)(H,27,30). The molecule has 7 nitrogen and oxygen atoms in total. The van der Waals surface area contributed by atoms with Crippen LogP contribution in [0.3, 0.4) is 0 Å². The van der Waals surface area contributed by atoms with Gasteiger partial charge in [0.2, 0.25) is 0 Å². The average molecular weight is 463 g/mol. The Morgan fingerprint density at radius 2 is 1.64 bits per heavy atom. The third kappa shape index (κ3) is 4.61. The second-order valence-electron chi connectivity index (χ2n) is 8.36. The van der Waals surface area contributed by atoms with Gasteiger partial charge in [-0.1, -0.05) is 12.1 Å². The predicted octanol–water partition coefficient (Wildman–Crippen LogP) is 4.73. The highest BCUT2D eigenvalue weighted by molar-refractivity contribution is 7.92. The third-order valence-corrected chi connectivity index (χ3v) is 7.66. The van der Waals surface area contributed by atoms with E-state index in [1.165, 1.54) is 0 Å². The van der Waals surface area contributed by atoms with Crippen molar-refractivity contribution in [2.24, 2.45) is 0 Å². The zero-order chi connectivity index (χ0) is 23.8. The topological polar surface area (TPSA) is 95.2 Å². The third-order valence-electron chi connectivity index (χ3n) is 5.49. The summed E-state index contributed by atoms with van der Waals surface area (Å²) < 4.78 is 24.7. The van der Waals surface area contributed by atoms with Crippen LogP contribution in [0.5, 0.6) is 0 Å². The maximum atomic E-state index is 12.7. The molecule has 0 bridgehead atoms. The Morgan fingerprint density at radius 1 is 0.970 bits per heavy atom. The van der Waals surface area contributed by atoms with Gasteiger partial charge in [0, 0.05) is 42.6 Å². The summed E-state index contributed by atoms with van der Waals surface area (Å²) in [5, 5.41) is 3.20. The quantitative estimate of drug-likeness (QED) is 0.432. The Balaban J connectivity index is 1.55. The van der Waals surface area contributed by atoms with E-state index in [2.05, 4.69) is 15.3 Å². The van der Waals surface area contributed by atoms with Gasteiger partial charge in [0.05, 0.1) is 10.1 Å². The molecule has 2 aromatic carbocycles. The second-order valence-corrected chi connectivity index (χ2v) is 10.9. The van der Waals surface area contributed by atoms with Gasteiger partial charge < -0.3 is 15.2 Å². The number of hydrogen-bond donors (Lipinski definition) is 2. The van der Waals surface area contributed by atoms with E-state index in [0.717, 1.165) is 22.2 Å². The SMILES string of the molecule is CC(C)S(=O)(=O)c1ccc(-c2cnc3[nH]c(C(=O)Nc4ccc(N(C)C)cc4)cc3c2)cc1. The molecule has 0 saturated carbocycles. The number of rotatable bonds is 6. The molecular formula is C25H26N4O3S. The number of nitrogens with zero attached hydrogens (tertiary/aromatic N) is 2. The summed E-state index contributed by atoms with van der Waals surface area (Å²) in [5.41, 5.74) is 4.44. The number of carbonyl (C=O) groups is 1. The second kappa shape index (κ2) is 8.71. The summed E-state index contributed by atoms with van der Waals surface area (Å²) in [5.74, 6) is -0.254. The van der Waals surface area contributed by atoms with Crippen LogP contribution >= 0.6 is 0 Å². The van der Waals surface area contributed by atoms with E-state index in [-0.39, 0.29) is 5.91 Å². The normalized spacial score (nSPS) is 11.7. The lowest BCUT2D eigenvalue weighted by Gasteiger charge is -2.12. The van der Waals surface area contributed by atoms with Gasteiger partial charge in [-0.15, -0.1) is 0 Å². The maximum absolute atomic E-state index is 12.7. The first-order chi connectivity index (χ1) is 15.6. The molecule has 33 heavy (non-hydrogen) atoms. The first-order valence-electron chi connectivity index (χ1n) is 10.6. The molecule has 0 unspecified atom stereocenters. The van der Waals surface area contributed by atoms with Crippen LogP contribution in [0.1, 0.15) is 24.3 Å². The van der Waals surface area contributed by atoms with E-state index in [1.807, 2.05) is 49.3 Å². The van der Waals surface area contributed by atoms with Crippen molar-refractivity contribution in [2.45, 2.75) is 24.0 Å². The molecule has 8 heteroatoms. The van der Waals surface area contributed by atoms with Crippen molar-refractivity contribution in [3.05, 3.63) is 72.6 Å². The van der Waals surface area contributed by atoms with Crippen molar-refractivity contribution in [3.8, 4) is 11.1 Å². The zero-order valence-corrected chi connectivity index (χ0v) is 19.8. The van der Waals surface area contributed by atoms with E-state index < -0.39 is 15.1 Å². The molecule has 0 radical (unpaired) electrons. The number of benzene rings is 2. The summed E-state index contributed by atoms with van der Waals surface area (Å²) in [6.07, 6.45) is 1.70. The molecule has 170 valence electrons. The van der Waals surface area contributed by atoms with Crippen LogP contribution in [0, 0.1) is 0 Å². The van der Waals surface area contributed by atoms with Crippen LogP contribution in [0.15, 0.2) is 71.8 Å². The van der Waals surface area contributed by atoms with Crippen LogP contribution in [-0.4, -0.2) is 43.6 Å². The van der Waals surface area contributed by atoms with E-state index in [9.17, 15) is 13.2 Å². The van der Waals surface area contributed by atoms with Gasteiger partial charge in [0.25, 0.3) is 5.91 Å². The van der Waals surface area contributed by atoms with Gasteiger partial charge in [-0.2, -0.15) is 0 Å². The predicted molar refractivity (Wildman–Crippen MR) is 133 cm³/mol. The van der Waals surface area contributed by atoms with E-state index in [4.69, 9.17) is 0 Å². The first-order valence-corrected chi connectivity index (χ1v) is 12.1. The van der Waals surface area contributed by atoms with Crippen molar-refractivity contribution < 1.29 is 13.2 Å². The number of hydrogen-bond acceptors (Lipinski definition) is 5. The summed E-state index contributed by atoms with van der Waals surface area (Å²) >= 11 is 0. The number of nitrogens with one attached hydrogen (secondary N) is 2. The van der Waals surface area contributed by atoms with Crippen LogP contribution in [0.25, 0.3) is 22.2 Å².